The van der Waals surface area contributed by atoms with Crippen molar-refractivity contribution in [3.05, 3.63) is 76.8 Å². The Labute approximate surface area is 202 Å². The average Bonchev–Trinajstić information content (AvgIpc) is 3.15. The lowest BCUT2D eigenvalue weighted by Crippen LogP contribution is -2.16. The van der Waals surface area contributed by atoms with E-state index in [4.69, 9.17) is 28.9 Å². The fourth-order valence-electron chi connectivity index (χ4n) is 3.10. The van der Waals surface area contributed by atoms with Gasteiger partial charge in [-0.25, -0.2) is 9.97 Å². The van der Waals surface area contributed by atoms with Gasteiger partial charge >= 0.3 is 7.60 Å². The highest BCUT2D eigenvalue weighted by Crippen LogP contribution is 2.42. The number of nitrogens with two attached hydrogens (primary N) is 1. The first kappa shape index (κ1) is 23.6. The van der Waals surface area contributed by atoms with E-state index in [2.05, 4.69) is 9.97 Å². The first-order valence-electron chi connectivity index (χ1n) is 9.28. The standard InChI is InChI=1S/C20H16Cl2N5O4PS/c21-13-6-14(22)8-16(7-13)33-27(11-32(29,30)31)15-1-2-18-12(5-15)3-4-26(18)19-10-24-17(9-25-19)20(23)28/h1-10H,11H2,(H2,23,28)(H2,29,30,31). The second-order valence-electron chi connectivity index (χ2n) is 6.93. The van der Waals surface area contributed by atoms with Crippen LogP contribution in [0.25, 0.3) is 16.7 Å². The summed E-state index contributed by atoms with van der Waals surface area (Å²) in [5.41, 5.74) is 6.62. The molecule has 4 rings (SSSR count). The minimum atomic E-state index is -4.39. The van der Waals surface area contributed by atoms with E-state index in [-0.39, 0.29) is 5.69 Å². The molecule has 4 N–H and O–H groups in total. The van der Waals surface area contributed by atoms with Crippen LogP contribution in [0.2, 0.25) is 10.0 Å². The first-order chi connectivity index (χ1) is 15.6. The summed E-state index contributed by atoms with van der Waals surface area (Å²) in [4.78, 5) is 39.3. The van der Waals surface area contributed by atoms with Crippen molar-refractivity contribution in [2.75, 3.05) is 10.6 Å². The van der Waals surface area contributed by atoms with Gasteiger partial charge in [0.25, 0.3) is 5.91 Å². The van der Waals surface area contributed by atoms with Crippen LogP contribution in [0.1, 0.15) is 10.5 Å². The summed E-state index contributed by atoms with van der Waals surface area (Å²) in [7, 11) is -4.39. The number of rotatable bonds is 7. The van der Waals surface area contributed by atoms with Crippen LogP contribution in [0.5, 0.6) is 0 Å². The van der Waals surface area contributed by atoms with Crippen LogP contribution < -0.4 is 10.0 Å². The molecule has 0 atom stereocenters. The minimum Gasteiger partial charge on any atom is -0.364 e. The maximum atomic E-state index is 11.8. The second-order valence-corrected chi connectivity index (χ2v) is 10.5. The lowest BCUT2D eigenvalue weighted by atomic mass is 10.2. The number of fused-ring (bicyclic) bond motifs is 1. The second kappa shape index (κ2) is 9.34. The number of benzene rings is 2. The molecular formula is C20H16Cl2N5O4PS. The van der Waals surface area contributed by atoms with Gasteiger partial charge in [-0.05, 0) is 54.4 Å². The van der Waals surface area contributed by atoms with E-state index in [1.54, 1.807) is 47.2 Å². The van der Waals surface area contributed by atoms with Gasteiger partial charge in [-0.2, -0.15) is 0 Å². The third kappa shape index (κ3) is 5.67. The van der Waals surface area contributed by atoms with Crippen molar-refractivity contribution in [1.29, 1.82) is 0 Å². The van der Waals surface area contributed by atoms with Gasteiger partial charge in [-0.3, -0.25) is 18.2 Å². The van der Waals surface area contributed by atoms with Gasteiger partial charge in [0.15, 0.2) is 5.82 Å². The molecule has 170 valence electrons. The van der Waals surface area contributed by atoms with E-state index in [9.17, 15) is 19.1 Å². The van der Waals surface area contributed by atoms with Crippen LogP contribution >= 0.6 is 42.7 Å². The Bertz CT molecular complexity index is 1370. The Balaban J connectivity index is 1.69. The smallest absolute Gasteiger partial charge is 0.345 e. The molecule has 0 fully saturated rings. The molecular weight excluding hydrogens is 508 g/mol. The highest BCUT2D eigenvalue weighted by atomic mass is 35.5. The molecule has 2 aromatic carbocycles. The van der Waals surface area contributed by atoms with Crippen LogP contribution in [-0.4, -0.2) is 36.5 Å². The Kier molecular flexibility index (Phi) is 6.67. The predicted molar refractivity (Wildman–Crippen MR) is 129 cm³/mol. The summed E-state index contributed by atoms with van der Waals surface area (Å²) >= 11 is 13.3. The number of hydrogen-bond donors (Lipinski definition) is 3. The van der Waals surface area contributed by atoms with Crippen LogP contribution in [0.4, 0.5) is 5.69 Å². The number of hydrogen-bond acceptors (Lipinski definition) is 6. The topological polar surface area (TPSA) is 135 Å². The van der Waals surface area contributed by atoms with Crippen molar-refractivity contribution in [1.82, 2.24) is 14.5 Å². The number of primary amides is 1. The lowest BCUT2D eigenvalue weighted by molar-refractivity contribution is 0.0995. The van der Waals surface area contributed by atoms with Crippen LogP contribution in [0.15, 0.2) is 66.0 Å². The Morgan fingerprint density at radius 3 is 2.42 bits per heavy atom. The molecule has 0 unspecified atom stereocenters. The van der Waals surface area contributed by atoms with Gasteiger partial charge < -0.3 is 15.5 Å². The molecule has 0 bridgehead atoms. The molecule has 9 nitrogen and oxygen atoms in total. The van der Waals surface area contributed by atoms with E-state index >= 15 is 0 Å². The quantitative estimate of drug-likeness (QED) is 0.238. The van der Waals surface area contributed by atoms with E-state index in [1.165, 1.54) is 16.7 Å². The van der Waals surface area contributed by atoms with Crippen molar-refractivity contribution in [2.24, 2.45) is 5.73 Å². The van der Waals surface area contributed by atoms with Crippen LogP contribution in [0.3, 0.4) is 0 Å². The minimum absolute atomic E-state index is 0.0590. The molecule has 1 amide bonds. The highest BCUT2D eigenvalue weighted by Gasteiger charge is 2.22. The van der Waals surface area contributed by atoms with Crippen LogP contribution in [0, 0.1) is 0 Å². The van der Waals surface area contributed by atoms with Crippen molar-refractivity contribution in [3.8, 4) is 5.82 Å². The molecule has 13 heteroatoms. The Morgan fingerprint density at radius 2 is 1.82 bits per heavy atom. The van der Waals surface area contributed by atoms with Gasteiger partial charge in [-0.1, -0.05) is 23.2 Å². The zero-order chi connectivity index (χ0) is 23.8. The van der Waals surface area contributed by atoms with Crippen molar-refractivity contribution < 1.29 is 19.1 Å². The summed E-state index contributed by atoms with van der Waals surface area (Å²) < 4.78 is 15.1. The number of carbonyl (C=O) groups is 1. The van der Waals surface area contributed by atoms with Crippen LogP contribution in [-0.2, 0) is 4.57 Å². The molecule has 2 heterocycles. The van der Waals surface area contributed by atoms with E-state index in [0.717, 1.165) is 22.9 Å². The monoisotopic (exact) mass is 523 g/mol. The summed E-state index contributed by atoms with van der Waals surface area (Å²) in [6.45, 7) is 0. The summed E-state index contributed by atoms with van der Waals surface area (Å²) in [6, 6.07) is 12.1. The molecule has 0 aliphatic rings. The van der Waals surface area contributed by atoms with Gasteiger partial charge in [0.1, 0.15) is 12.0 Å². The summed E-state index contributed by atoms with van der Waals surface area (Å²) in [5, 5.41) is 1.63. The first-order valence-corrected chi connectivity index (χ1v) is 12.6. The normalized spacial score (nSPS) is 11.6. The number of halogens is 2. The number of nitrogens with zero attached hydrogens (tertiary/aromatic N) is 4. The molecule has 0 aliphatic heterocycles. The lowest BCUT2D eigenvalue weighted by Gasteiger charge is -2.24. The Hall–Kier alpha value is -2.59. The van der Waals surface area contributed by atoms with Crippen molar-refractivity contribution >= 4 is 65.2 Å². The van der Waals surface area contributed by atoms with Gasteiger partial charge in [0, 0.05) is 32.2 Å². The molecule has 2 aromatic heterocycles. The van der Waals surface area contributed by atoms with Gasteiger partial charge in [-0.15, -0.1) is 0 Å². The molecule has 4 aromatic rings. The summed E-state index contributed by atoms with van der Waals surface area (Å²) in [5.74, 6) is -0.183. The van der Waals surface area contributed by atoms with Crippen molar-refractivity contribution in [3.63, 3.8) is 0 Å². The fraction of sp³-hybridized carbons (Fsp3) is 0.0500. The van der Waals surface area contributed by atoms with Crippen molar-refractivity contribution in [2.45, 2.75) is 4.90 Å². The zero-order valence-corrected chi connectivity index (χ0v) is 19.9. The fourth-order valence-corrected chi connectivity index (χ4v) is 5.77. The largest absolute Gasteiger partial charge is 0.364 e. The van der Waals surface area contributed by atoms with Gasteiger partial charge in [0.05, 0.1) is 17.9 Å². The van der Waals surface area contributed by atoms with E-state index in [0.29, 0.717) is 26.4 Å². The zero-order valence-electron chi connectivity index (χ0n) is 16.7. The number of aromatic nitrogens is 3. The SMILES string of the molecule is NC(=O)c1cnc(-n2ccc3cc(N(CP(=O)(O)O)Sc4cc(Cl)cc(Cl)c4)ccc32)cn1. The molecule has 0 radical (unpaired) electrons. The molecule has 0 aliphatic carbocycles. The van der Waals surface area contributed by atoms with E-state index < -0.39 is 19.8 Å². The average molecular weight is 524 g/mol. The highest BCUT2D eigenvalue weighted by molar-refractivity contribution is 8.01. The molecule has 0 saturated carbocycles. The van der Waals surface area contributed by atoms with E-state index in [1.807, 2.05) is 6.07 Å². The molecule has 0 saturated heterocycles. The van der Waals surface area contributed by atoms with Gasteiger partial charge in [0.2, 0.25) is 0 Å². The number of amides is 1. The third-order valence-electron chi connectivity index (χ3n) is 4.46. The maximum absolute atomic E-state index is 11.8. The summed E-state index contributed by atoms with van der Waals surface area (Å²) in [6.07, 6.45) is 3.99. The molecule has 0 spiro atoms. The number of carbonyl (C=O) groups excluding carboxylic acids is 1. The molecule has 33 heavy (non-hydrogen) atoms. The predicted octanol–water partition coefficient (Wildman–Crippen LogP) is 4.48. The Morgan fingerprint density at radius 1 is 1.09 bits per heavy atom. The maximum Gasteiger partial charge on any atom is 0.345 e. The number of anilines is 1. The third-order valence-corrected chi connectivity index (χ3v) is 6.75.